The predicted molar refractivity (Wildman–Crippen MR) is 50.3 cm³/mol. The maximum absolute atomic E-state index is 5.02. The van der Waals surface area contributed by atoms with Crippen molar-refractivity contribution in [1.82, 2.24) is 0 Å². The summed E-state index contributed by atoms with van der Waals surface area (Å²) in [4.78, 5) is 5.02. The van der Waals surface area contributed by atoms with Crippen molar-refractivity contribution in [2.45, 2.75) is 20.0 Å². The zero-order valence-corrected chi connectivity index (χ0v) is 7.40. The Morgan fingerprint density at radius 1 is 1.25 bits per heavy atom. The van der Waals surface area contributed by atoms with Crippen LogP contribution in [0.5, 0.6) is 0 Å². The molecule has 0 heterocycles. The topological polar surface area (TPSA) is 21.6 Å². The van der Waals surface area contributed by atoms with Gasteiger partial charge in [-0.2, -0.15) is 0 Å². The summed E-state index contributed by atoms with van der Waals surface area (Å²) in [7, 11) is 0. The smallest absolute Gasteiger partial charge is 0.122 e. The third-order valence-electron chi connectivity index (χ3n) is 1.27. The summed E-state index contributed by atoms with van der Waals surface area (Å²) in [5.41, 5.74) is 1.05. The van der Waals surface area contributed by atoms with E-state index in [0.717, 1.165) is 5.56 Å². The maximum atomic E-state index is 5.02. The van der Waals surface area contributed by atoms with E-state index in [1.54, 1.807) is 6.21 Å². The van der Waals surface area contributed by atoms with Crippen LogP contribution < -0.4 is 0 Å². The average Bonchev–Trinajstić information content (AvgIpc) is 2.05. The molecule has 1 aromatic carbocycles. The molecule has 0 bridgehead atoms. The van der Waals surface area contributed by atoms with Crippen molar-refractivity contribution in [3.05, 3.63) is 35.9 Å². The molecule has 0 amide bonds. The summed E-state index contributed by atoms with van der Waals surface area (Å²) in [5, 5.41) is 3.82. The van der Waals surface area contributed by atoms with Crippen LogP contribution in [-0.2, 0) is 4.84 Å². The highest BCUT2D eigenvalue weighted by Gasteiger charge is 1.87. The molecule has 0 aliphatic rings. The number of benzene rings is 1. The van der Waals surface area contributed by atoms with Gasteiger partial charge in [0.15, 0.2) is 0 Å². The van der Waals surface area contributed by atoms with Crippen LogP contribution in [-0.4, -0.2) is 12.3 Å². The fourth-order valence-electron chi connectivity index (χ4n) is 0.752. The van der Waals surface area contributed by atoms with Gasteiger partial charge in [-0.1, -0.05) is 35.5 Å². The SMILES string of the molecule is CC(C)O/N=C/c1ccccc1. The van der Waals surface area contributed by atoms with Gasteiger partial charge in [0.1, 0.15) is 6.10 Å². The largest absolute Gasteiger partial charge is 0.393 e. The summed E-state index contributed by atoms with van der Waals surface area (Å²) in [6.07, 6.45) is 1.85. The highest BCUT2D eigenvalue weighted by atomic mass is 16.6. The lowest BCUT2D eigenvalue weighted by Gasteiger charge is -1.99. The molecule has 2 nitrogen and oxygen atoms in total. The van der Waals surface area contributed by atoms with Crippen LogP contribution in [0.3, 0.4) is 0 Å². The maximum Gasteiger partial charge on any atom is 0.122 e. The Morgan fingerprint density at radius 3 is 2.50 bits per heavy atom. The number of oxime groups is 1. The average molecular weight is 163 g/mol. The molecule has 1 aromatic rings. The van der Waals surface area contributed by atoms with Gasteiger partial charge in [0.05, 0.1) is 6.21 Å². The first-order valence-electron chi connectivity index (χ1n) is 4.03. The summed E-state index contributed by atoms with van der Waals surface area (Å²) < 4.78 is 0. The van der Waals surface area contributed by atoms with Crippen molar-refractivity contribution in [3.8, 4) is 0 Å². The first kappa shape index (κ1) is 8.78. The molecule has 64 valence electrons. The van der Waals surface area contributed by atoms with Crippen LogP contribution in [0.2, 0.25) is 0 Å². The Balaban J connectivity index is 2.47. The molecule has 0 radical (unpaired) electrons. The minimum Gasteiger partial charge on any atom is -0.393 e. The van der Waals surface area contributed by atoms with Gasteiger partial charge in [-0.25, -0.2) is 0 Å². The van der Waals surface area contributed by atoms with Gasteiger partial charge in [-0.15, -0.1) is 0 Å². The van der Waals surface area contributed by atoms with E-state index in [9.17, 15) is 0 Å². The third kappa shape index (κ3) is 3.19. The molecule has 2 heteroatoms. The predicted octanol–water partition coefficient (Wildman–Crippen LogP) is 2.45. The molecule has 0 atom stereocenters. The van der Waals surface area contributed by atoms with Gasteiger partial charge in [0.25, 0.3) is 0 Å². The Morgan fingerprint density at radius 2 is 1.92 bits per heavy atom. The van der Waals surface area contributed by atoms with E-state index in [1.807, 2.05) is 44.2 Å². The van der Waals surface area contributed by atoms with Crippen LogP contribution in [0.4, 0.5) is 0 Å². The molecule has 0 unspecified atom stereocenters. The molecule has 12 heavy (non-hydrogen) atoms. The van der Waals surface area contributed by atoms with Gasteiger partial charge >= 0.3 is 0 Å². The summed E-state index contributed by atoms with van der Waals surface area (Å²) in [5.74, 6) is 0. The normalized spacial score (nSPS) is 10.9. The second-order valence-electron chi connectivity index (χ2n) is 2.80. The lowest BCUT2D eigenvalue weighted by molar-refractivity contribution is 0.0874. The first-order chi connectivity index (χ1) is 5.79. The number of nitrogens with zero attached hydrogens (tertiary/aromatic N) is 1. The van der Waals surface area contributed by atoms with Crippen LogP contribution >= 0.6 is 0 Å². The monoisotopic (exact) mass is 163 g/mol. The second kappa shape index (κ2) is 4.54. The zero-order valence-electron chi connectivity index (χ0n) is 7.40. The zero-order chi connectivity index (χ0) is 8.81. The molecule has 0 saturated carbocycles. The van der Waals surface area contributed by atoms with Gasteiger partial charge in [-0.3, -0.25) is 0 Å². The first-order valence-corrected chi connectivity index (χ1v) is 4.03. The van der Waals surface area contributed by atoms with E-state index in [-0.39, 0.29) is 6.10 Å². The van der Waals surface area contributed by atoms with Gasteiger partial charge < -0.3 is 4.84 Å². The van der Waals surface area contributed by atoms with E-state index in [2.05, 4.69) is 5.16 Å². The van der Waals surface area contributed by atoms with Crippen molar-refractivity contribution in [1.29, 1.82) is 0 Å². The van der Waals surface area contributed by atoms with Gasteiger partial charge in [-0.05, 0) is 19.4 Å². The number of hydrogen-bond donors (Lipinski definition) is 0. The summed E-state index contributed by atoms with van der Waals surface area (Å²) in [6.45, 7) is 3.89. The minimum absolute atomic E-state index is 0.143. The summed E-state index contributed by atoms with van der Waals surface area (Å²) in [6, 6.07) is 9.87. The molecule has 0 aromatic heterocycles. The standard InChI is InChI=1S/C10H13NO/c1-9(2)12-11-8-10-6-4-3-5-7-10/h3-9H,1-2H3/b11-8+. The Labute approximate surface area is 72.9 Å². The Hall–Kier alpha value is -1.31. The molecule has 1 rings (SSSR count). The molecule has 0 aliphatic heterocycles. The Bertz CT molecular complexity index is 241. The third-order valence-corrected chi connectivity index (χ3v) is 1.27. The quantitative estimate of drug-likeness (QED) is 0.495. The Kier molecular flexibility index (Phi) is 3.33. The molecular weight excluding hydrogens is 150 g/mol. The highest BCUT2D eigenvalue weighted by Crippen LogP contribution is 1.95. The molecular formula is C10H13NO. The van der Waals surface area contributed by atoms with Crippen molar-refractivity contribution >= 4 is 6.21 Å². The molecule has 0 aliphatic carbocycles. The molecule has 0 N–H and O–H groups in total. The lowest BCUT2D eigenvalue weighted by Crippen LogP contribution is -1.95. The second-order valence-corrected chi connectivity index (χ2v) is 2.80. The number of hydrogen-bond acceptors (Lipinski definition) is 2. The molecule has 0 fully saturated rings. The van der Waals surface area contributed by atoms with Crippen molar-refractivity contribution < 1.29 is 4.84 Å². The fourth-order valence-corrected chi connectivity index (χ4v) is 0.752. The van der Waals surface area contributed by atoms with E-state index >= 15 is 0 Å². The van der Waals surface area contributed by atoms with Crippen molar-refractivity contribution in [2.75, 3.05) is 0 Å². The highest BCUT2D eigenvalue weighted by molar-refractivity contribution is 5.78. The fraction of sp³-hybridized carbons (Fsp3) is 0.300. The van der Waals surface area contributed by atoms with E-state index < -0.39 is 0 Å². The van der Waals surface area contributed by atoms with Crippen molar-refractivity contribution in [3.63, 3.8) is 0 Å². The van der Waals surface area contributed by atoms with Crippen LogP contribution in [0.1, 0.15) is 19.4 Å². The van der Waals surface area contributed by atoms with Crippen LogP contribution in [0.15, 0.2) is 35.5 Å². The molecule has 0 saturated heterocycles. The van der Waals surface area contributed by atoms with E-state index in [0.29, 0.717) is 0 Å². The lowest BCUT2D eigenvalue weighted by atomic mass is 10.2. The van der Waals surface area contributed by atoms with Gasteiger partial charge in [0, 0.05) is 0 Å². The minimum atomic E-state index is 0.143. The molecule has 0 spiro atoms. The number of rotatable bonds is 3. The summed E-state index contributed by atoms with van der Waals surface area (Å²) >= 11 is 0. The van der Waals surface area contributed by atoms with Crippen LogP contribution in [0, 0.1) is 0 Å². The van der Waals surface area contributed by atoms with Gasteiger partial charge in [0.2, 0.25) is 0 Å². The van der Waals surface area contributed by atoms with E-state index in [1.165, 1.54) is 0 Å². The van der Waals surface area contributed by atoms with Crippen LogP contribution in [0.25, 0.3) is 0 Å². The van der Waals surface area contributed by atoms with Crippen molar-refractivity contribution in [2.24, 2.45) is 5.16 Å². The van der Waals surface area contributed by atoms with E-state index in [4.69, 9.17) is 4.84 Å².